The molecule has 2 aromatic carbocycles. The number of halogens is 4. The fourth-order valence-corrected chi connectivity index (χ4v) is 3.12. The quantitative estimate of drug-likeness (QED) is 0.217. The molecule has 3 rings (SSSR count). The van der Waals surface area contributed by atoms with Gasteiger partial charge in [-0.1, -0.05) is 22.0 Å². The molecule has 0 saturated carbocycles. The third kappa shape index (κ3) is 7.98. The van der Waals surface area contributed by atoms with Gasteiger partial charge in [0.2, 0.25) is 0 Å². The lowest BCUT2D eigenvalue weighted by atomic mass is 10.2. The van der Waals surface area contributed by atoms with Crippen molar-refractivity contribution < 1.29 is 36.7 Å². The third-order valence-corrected chi connectivity index (χ3v) is 4.88. The van der Waals surface area contributed by atoms with Crippen molar-refractivity contribution in [3.63, 3.8) is 0 Å². The van der Waals surface area contributed by atoms with E-state index in [1.54, 1.807) is 24.3 Å². The van der Waals surface area contributed by atoms with E-state index in [0.29, 0.717) is 15.8 Å². The molecule has 9 nitrogen and oxygen atoms in total. The molecule has 13 heteroatoms. The topological polar surface area (TPSA) is 122 Å². The van der Waals surface area contributed by atoms with E-state index in [1.807, 2.05) is 0 Å². The molecule has 0 atom stereocenters. The smallest absolute Gasteiger partial charge is 0.416 e. The van der Waals surface area contributed by atoms with E-state index >= 15 is 0 Å². The van der Waals surface area contributed by atoms with Gasteiger partial charge in [0.25, 0.3) is 5.91 Å². The van der Waals surface area contributed by atoms with Gasteiger partial charge in [-0.3, -0.25) is 14.4 Å². The van der Waals surface area contributed by atoms with E-state index in [0.717, 1.165) is 12.1 Å². The van der Waals surface area contributed by atoms with E-state index in [-0.39, 0.29) is 18.0 Å². The zero-order valence-electron chi connectivity index (χ0n) is 18.3. The standard InChI is InChI=1S/C23H18BrF3N4O5/c24-16-6-7-19(36-13-20(32)30-17-4-1-3-15(10-17)23(25,26)27)14(9-16)11-29-31-22(34)21(33)28-12-18-5-2-8-35-18/h1-11H,12-13H2,(H,28,33)(H,30,32)(H,31,34)/b29-11-. The molecule has 0 bridgehead atoms. The van der Waals surface area contributed by atoms with Gasteiger partial charge in [0.15, 0.2) is 6.61 Å². The summed E-state index contributed by atoms with van der Waals surface area (Å²) in [5, 5.41) is 8.41. The van der Waals surface area contributed by atoms with Gasteiger partial charge in [-0.2, -0.15) is 18.3 Å². The molecule has 0 aliphatic carbocycles. The Morgan fingerprint density at radius 1 is 1.06 bits per heavy atom. The van der Waals surface area contributed by atoms with E-state index in [2.05, 4.69) is 37.1 Å². The van der Waals surface area contributed by atoms with Gasteiger partial charge in [0.05, 0.1) is 24.6 Å². The van der Waals surface area contributed by atoms with Crippen LogP contribution in [-0.4, -0.2) is 30.5 Å². The molecule has 0 unspecified atom stereocenters. The number of nitrogens with zero attached hydrogens (tertiary/aromatic N) is 1. The highest BCUT2D eigenvalue weighted by atomic mass is 79.9. The summed E-state index contributed by atoms with van der Waals surface area (Å²) in [5.74, 6) is -1.98. The first kappa shape index (κ1) is 26.5. The predicted molar refractivity (Wildman–Crippen MR) is 126 cm³/mol. The number of amides is 3. The second-order valence-corrected chi connectivity index (χ2v) is 7.97. The monoisotopic (exact) mass is 566 g/mol. The van der Waals surface area contributed by atoms with Gasteiger partial charge in [0.1, 0.15) is 11.5 Å². The first-order valence-corrected chi connectivity index (χ1v) is 10.9. The Morgan fingerprint density at radius 2 is 1.86 bits per heavy atom. The van der Waals surface area contributed by atoms with Crippen LogP contribution < -0.4 is 20.8 Å². The van der Waals surface area contributed by atoms with Crippen molar-refractivity contribution in [3.05, 3.63) is 82.2 Å². The Balaban J connectivity index is 1.55. The van der Waals surface area contributed by atoms with Crippen LogP contribution in [0.15, 0.2) is 74.9 Å². The zero-order valence-corrected chi connectivity index (χ0v) is 19.9. The summed E-state index contributed by atoms with van der Waals surface area (Å²) in [6, 6.07) is 12.2. The molecule has 3 N–H and O–H groups in total. The minimum atomic E-state index is -4.54. The van der Waals surface area contributed by atoms with Crippen LogP contribution >= 0.6 is 15.9 Å². The SMILES string of the molecule is O=C(COc1ccc(Br)cc1/C=N\NC(=O)C(=O)NCc1ccco1)Nc1cccc(C(F)(F)F)c1. The molecular formula is C23H18BrF3N4O5. The summed E-state index contributed by atoms with van der Waals surface area (Å²) in [6.45, 7) is -0.491. The van der Waals surface area contributed by atoms with Gasteiger partial charge in [-0.05, 0) is 48.5 Å². The number of furan rings is 1. The fraction of sp³-hybridized carbons (Fsp3) is 0.130. The molecule has 36 heavy (non-hydrogen) atoms. The first-order valence-electron chi connectivity index (χ1n) is 10.1. The molecule has 3 aromatic rings. The number of ether oxygens (including phenoxy) is 1. The highest BCUT2D eigenvalue weighted by Gasteiger charge is 2.30. The van der Waals surface area contributed by atoms with Gasteiger partial charge in [-0.25, -0.2) is 5.43 Å². The summed E-state index contributed by atoms with van der Waals surface area (Å²) in [5.41, 5.74) is 1.47. The molecule has 0 saturated heterocycles. The van der Waals surface area contributed by atoms with Crippen molar-refractivity contribution in [2.24, 2.45) is 5.10 Å². The number of carbonyl (C=O) groups is 3. The van der Waals surface area contributed by atoms with Crippen molar-refractivity contribution in [3.8, 4) is 5.75 Å². The molecule has 0 aliphatic heterocycles. The molecule has 3 amide bonds. The maximum Gasteiger partial charge on any atom is 0.416 e. The van der Waals surface area contributed by atoms with Crippen LogP contribution in [0.3, 0.4) is 0 Å². The second kappa shape index (κ2) is 12.0. The molecule has 0 radical (unpaired) electrons. The van der Waals surface area contributed by atoms with E-state index in [4.69, 9.17) is 9.15 Å². The van der Waals surface area contributed by atoms with Crippen LogP contribution in [0.1, 0.15) is 16.9 Å². The van der Waals surface area contributed by atoms with Gasteiger partial charge >= 0.3 is 18.0 Å². The summed E-state index contributed by atoms with van der Waals surface area (Å²) >= 11 is 3.28. The van der Waals surface area contributed by atoms with Gasteiger partial charge in [0, 0.05) is 15.7 Å². The fourth-order valence-electron chi connectivity index (χ4n) is 2.74. The molecular weight excluding hydrogens is 549 g/mol. The Labute approximate surface area is 210 Å². The van der Waals surface area contributed by atoms with Crippen molar-refractivity contribution in [2.45, 2.75) is 12.7 Å². The highest BCUT2D eigenvalue weighted by Crippen LogP contribution is 2.30. The molecule has 0 fully saturated rings. The number of rotatable bonds is 8. The van der Waals surface area contributed by atoms with Crippen LogP contribution in [0.25, 0.3) is 0 Å². The van der Waals surface area contributed by atoms with Crippen LogP contribution in [0.4, 0.5) is 18.9 Å². The second-order valence-electron chi connectivity index (χ2n) is 7.06. The van der Waals surface area contributed by atoms with Crippen molar-refractivity contribution in [2.75, 3.05) is 11.9 Å². The Kier molecular flexibility index (Phi) is 8.84. The van der Waals surface area contributed by atoms with E-state index < -0.39 is 36.1 Å². The summed E-state index contributed by atoms with van der Waals surface area (Å²) in [7, 11) is 0. The Hall–Kier alpha value is -4.13. The number of nitrogens with one attached hydrogen (secondary N) is 3. The number of hydrogen-bond acceptors (Lipinski definition) is 6. The minimum Gasteiger partial charge on any atom is -0.483 e. The summed E-state index contributed by atoms with van der Waals surface area (Å²) in [4.78, 5) is 35.9. The summed E-state index contributed by atoms with van der Waals surface area (Å²) < 4.78 is 49.7. The van der Waals surface area contributed by atoms with Crippen LogP contribution in [-0.2, 0) is 27.1 Å². The average molecular weight is 567 g/mol. The number of anilines is 1. The number of benzene rings is 2. The van der Waals surface area contributed by atoms with Crippen molar-refractivity contribution in [1.82, 2.24) is 10.7 Å². The highest BCUT2D eigenvalue weighted by molar-refractivity contribution is 9.10. The average Bonchev–Trinajstić information content (AvgIpc) is 3.35. The largest absolute Gasteiger partial charge is 0.483 e. The number of carbonyl (C=O) groups excluding carboxylic acids is 3. The Bertz CT molecular complexity index is 1260. The molecule has 0 spiro atoms. The zero-order chi connectivity index (χ0) is 26.1. The minimum absolute atomic E-state index is 0.0230. The molecule has 0 aliphatic rings. The van der Waals surface area contributed by atoms with Crippen LogP contribution in [0, 0.1) is 0 Å². The molecule has 1 heterocycles. The molecule has 1 aromatic heterocycles. The summed E-state index contributed by atoms with van der Waals surface area (Å²) in [6.07, 6.45) is -1.92. The maximum atomic E-state index is 12.8. The number of alkyl halides is 3. The maximum absolute atomic E-state index is 12.8. The molecule has 188 valence electrons. The number of hydrazone groups is 1. The number of hydrogen-bond donors (Lipinski definition) is 3. The van der Waals surface area contributed by atoms with Crippen LogP contribution in [0.2, 0.25) is 0 Å². The van der Waals surface area contributed by atoms with E-state index in [1.165, 1.54) is 30.7 Å². The lowest BCUT2D eigenvalue weighted by Crippen LogP contribution is -2.37. The first-order chi connectivity index (χ1) is 17.1. The normalized spacial score (nSPS) is 11.2. The van der Waals surface area contributed by atoms with Crippen LogP contribution in [0.5, 0.6) is 5.75 Å². The van der Waals surface area contributed by atoms with Crippen molar-refractivity contribution >= 4 is 45.6 Å². The lowest BCUT2D eigenvalue weighted by Gasteiger charge is -2.11. The van der Waals surface area contributed by atoms with Gasteiger partial charge in [-0.15, -0.1) is 0 Å². The Morgan fingerprint density at radius 3 is 2.58 bits per heavy atom. The lowest BCUT2D eigenvalue weighted by molar-refractivity contribution is -0.139. The third-order valence-electron chi connectivity index (χ3n) is 4.38. The van der Waals surface area contributed by atoms with Gasteiger partial charge < -0.3 is 19.8 Å². The van der Waals surface area contributed by atoms with E-state index in [9.17, 15) is 27.6 Å². The van der Waals surface area contributed by atoms with Crippen molar-refractivity contribution in [1.29, 1.82) is 0 Å². The predicted octanol–water partition coefficient (Wildman–Crippen LogP) is 3.84.